The van der Waals surface area contributed by atoms with E-state index in [0.29, 0.717) is 0 Å². The highest BCUT2D eigenvalue weighted by molar-refractivity contribution is 7.26. The number of benzene rings is 8. The molecule has 2 nitrogen and oxygen atoms in total. The number of fused-ring (bicyclic) bond motifs is 12. The summed E-state index contributed by atoms with van der Waals surface area (Å²) in [7, 11) is -1.79. The van der Waals surface area contributed by atoms with Crippen LogP contribution < -0.4 is 15.3 Å². The normalized spacial score (nSPS) is 13.3. The smallest absolute Gasteiger partial charge is 0.143 e. The molecule has 1 aliphatic heterocycles. The predicted octanol–water partition coefficient (Wildman–Crippen LogP) is 13.0. The van der Waals surface area contributed by atoms with Crippen molar-refractivity contribution >= 4 is 99.7 Å². The summed E-state index contributed by atoms with van der Waals surface area (Å²) in [6, 6.07) is 60.3. The van der Waals surface area contributed by atoms with Crippen molar-refractivity contribution in [2.75, 3.05) is 4.90 Å². The third-order valence-electron chi connectivity index (χ3n) is 11.3. The summed E-state index contributed by atoms with van der Waals surface area (Å²) < 4.78 is 9.19. The molecular formula is C48H33NOSSi. The summed E-state index contributed by atoms with van der Waals surface area (Å²) in [5.74, 6) is 0. The summed E-state index contributed by atoms with van der Waals surface area (Å²) in [5.41, 5.74) is 10.5. The molecule has 0 N–H and O–H groups in total. The second kappa shape index (κ2) is 11.0. The van der Waals surface area contributed by atoms with Crippen molar-refractivity contribution in [3.05, 3.63) is 164 Å². The monoisotopic (exact) mass is 699 g/mol. The number of rotatable bonds is 4. The van der Waals surface area contributed by atoms with Crippen molar-refractivity contribution in [3.63, 3.8) is 0 Å². The highest BCUT2D eigenvalue weighted by Gasteiger charge is 2.37. The Hall–Kier alpha value is -5.94. The van der Waals surface area contributed by atoms with E-state index in [1.165, 1.54) is 69.0 Å². The van der Waals surface area contributed by atoms with Gasteiger partial charge in [0, 0.05) is 53.4 Å². The molecule has 0 aliphatic carbocycles. The molecule has 0 spiro atoms. The molecule has 8 aromatic carbocycles. The Balaban J connectivity index is 1.14. The van der Waals surface area contributed by atoms with Crippen molar-refractivity contribution in [1.82, 2.24) is 0 Å². The van der Waals surface area contributed by atoms with Crippen LogP contribution in [0.25, 0.3) is 75.1 Å². The van der Waals surface area contributed by atoms with Crippen LogP contribution in [0.15, 0.2) is 168 Å². The van der Waals surface area contributed by atoms with Gasteiger partial charge in [-0.25, -0.2) is 0 Å². The van der Waals surface area contributed by atoms with Gasteiger partial charge < -0.3 is 9.32 Å². The van der Waals surface area contributed by atoms with E-state index in [1.54, 1.807) is 0 Å². The summed E-state index contributed by atoms with van der Waals surface area (Å²) in [5, 5.41) is 10.3. The highest BCUT2D eigenvalue weighted by atomic mass is 32.1. The van der Waals surface area contributed by atoms with Gasteiger partial charge in [0.2, 0.25) is 0 Å². The van der Waals surface area contributed by atoms with Gasteiger partial charge in [0.25, 0.3) is 0 Å². The highest BCUT2D eigenvalue weighted by Crippen LogP contribution is 2.46. The standard InChI is InChI=1S/C48H33NOSSi/c1-52(2)44-15-9-8-14-37(44)39-28-35(22-27-45(39)52)49(33-19-16-31(17-20-33)30-10-4-3-5-11-30)34-21-25-42-40(29-34)47-43(51-42)26-24-41-46(47)38-23-18-32-12-6-7-13-36(32)48(38)50-41/h3-29H,1-2H3. The van der Waals surface area contributed by atoms with Gasteiger partial charge in [-0.2, -0.15) is 0 Å². The maximum Gasteiger partial charge on any atom is 0.143 e. The Kier molecular flexibility index (Phi) is 6.31. The van der Waals surface area contributed by atoms with Gasteiger partial charge in [0.05, 0.1) is 0 Å². The fourth-order valence-corrected chi connectivity index (χ4v) is 12.9. The fraction of sp³-hybridized carbons (Fsp3) is 0.0417. The lowest BCUT2D eigenvalue weighted by atomic mass is 10.0. The first-order valence-electron chi connectivity index (χ1n) is 17.9. The van der Waals surface area contributed by atoms with Gasteiger partial charge in [-0.15, -0.1) is 11.3 Å². The molecule has 1 aliphatic rings. The van der Waals surface area contributed by atoms with Gasteiger partial charge in [0.15, 0.2) is 0 Å². The average molecular weight is 700 g/mol. The van der Waals surface area contributed by atoms with E-state index in [0.717, 1.165) is 33.6 Å². The summed E-state index contributed by atoms with van der Waals surface area (Å²) >= 11 is 1.86. The third-order valence-corrected chi connectivity index (χ3v) is 16.0. The molecule has 52 heavy (non-hydrogen) atoms. The zero-order valence-electron chi connectivity index (χ0n) is 28.9. The first-order valence-corrected chi connectivity index (χ1v) is 21.7. The maximum atomic E-state index is 6.64. The minimum Gasteiger partial charge on any atom is -0.455 e. The Morgan fingerprint density at radius 3 is 2.06 bits per heavy atom. The van der Waals surface area contributed by atoms with Crippen LogP contribution in [0.2, 0.25) is 13.1 Å². The van der Waals surface area contributed by atoms with Gasteiger partial charge in [0.1, 0.15) is 19.2 Å². The van der Waals surface area contributed by atoms with Crippen LogP contribution >= 0.6 is 11.3 Å². The van der Waals surface area contributed by atoms with Crippen LogP contribution in [0.3, 0.4) is 0 Å². The Morgan fingerprint density at radius 2 is 1.17 bits per heavy atom. The van der Waals surface area contributed by atoms with E-state index in [4.69, 9.17) is 4.42 Å². The Labute approximate surface area is 306 Å². The van der Waals surface area contributed by atoms with Crippen molar-refractivity contribution in [3.8, 4) is 22.3 Å². The van der Waals surface area contributed by atoms with Crippen molar-refractivity contribution in [2.24, 2.45) is 0 Å². The lowest BCUT2D eigenvalue weighted by Crippen LogP contribution is -2.49. The van der Waals surface area contributed by atoms with E-state index in [1.807, 2.05) is 11.3 Å². The minimum absolute atomic E-state index is 0.932. The van der Waals surface area contributed by atoms with Gasteiger partial charge in [-0.3, -0.25) is 0 Å². The quantitative estimate of drug-likeness (QED) is 0.170. The molecule has 10 aromatic rings. The van der Waals surface area contributed by atoms with E-state index in [9.17, 15) is 0 Å². The largest absolute Gasteiger partial charge is 0.455 e. The molecule has 11 rings (SSSR count). The number of furan rings is 1. The zero-order valence-corrected chi connectivity index (χ0v) is 30.7. The zero-order chi connectivity index (χ0) is 34.6. The second-order valence-corrected chi connectivity index (χ2v) is 19.9. The number of hydrogen-bond donors (Lipinski definition) is 0. The van der Waals surface area contributed by atoms with Crippen LogP contribution in [-0.4, -0.2) is 8.07 Å². The first-order chi connectivity index (χ1) is 25.5. The molecule has 0 saturated heterocycles. The molecule has 0 unspecified atom stereocenters. The van der Waals surface area contributed by atoms with Gasteiger partial charge >= 0.3 is 0 Å². The SMILES string of the molecule is C[Si]1(C)c2ccccc2-c2cc(N(c3ccc(-c4ccccc4)cc3)c3ccc4sc5ccc6oc7c8ccccc8ccc7c6c5c4c3)ccc21. The summed E-state index contributed by atoms with van der Waals surface area (Å²) in [6.07, 6.45) is 0. The summed E-state index contributed by atoms with van der Waals surface area (Å²) in [4.78, 5) is 2.44. The van der Waals surface area contributed by atoms with Crippen molar-refractivity contribution in [1.29, 1.82) is 0 Å². The van der Waals surface area contributed by atoms with E-state index in [2.05, 4.69) is 182 Å². The van der Waals surface area contributed by atoms with Crippen LogP contribution in [0.4, 0.5) is 17.1 Å². The maximum absolute atomic E-state index is 6.64. The van der Waals surface area contributed by atoms with Gasteiger partial charge in [-0.05, 0) is 98.7 Å². The number of thiophene rings is 1. The van der Waals surface area contributed by atoms with Gasteiger partial charge in [-0.1, -0.05) is 116 Å². The van der Waals surface area contributed by atoms with Crippen LogP contribution in [0.1, 0.15) is 0 Å². The van der Waals surface area contributed by atoms with E-state index < -0.39 is 8.07 Å². The minimum atomic E-state index is -1.79. The summed E-state index contributed by atoms with van der Waals surface area (Å²) in [6.45, 7) is 4.96. The molecule has 246 valence electrons. The molecule has 0 fully saturated rings. The van der Waals surface area contributed by atoms with E-state index >= 15 is 0 Å². The van der Waals surface area contributed by atoms with Crippen LogP contribution in [-0.2, 0) is 0 Å². The van der Waals surface area contributed by atoms with Crippen molar-refractivity contribution < 1.29 is 4.42 Å². The van der Waals surface area contributed by atoms with Crippen molar-refractivity contribution in [2.45, 2.75) is 13.1 Å². The lowest BCUT2D eigenvalue weighted by Gasteiger charge is -2.27. The fourth-order valence-electron chi connectivity index (χ4n) is 8.72. The molecule has 0 radical (unpaired) electrons. The van der Waals surface area contributed by atoms with Crippen LogP contribution in [0, 0.1) is 0 Å². The average Bonchev–Trinajstić information content (AvgIpc) is 3.83. The van der Waals surface area contributed by atoms with E-state index in [-0.39, 0.29) is 0 Å². The Bertz CT molecular complexity index is 3050. The Morgan fingerprint density at radius 1 is 0.481 bits per heavy atom. The molecule has 3 heterocycles. The molecule has 2 aromatic heterocycles. The molecule has 0 amide bonds. The lowest BCUT2D eigenvalue weighted by molar-refractivity contribution is 0.673. The topological polar surface area (TPSA) is 16.4 Å². The first kappa shape index (κ1) is 29.8. The molecule has 4 heteroatoms. The second-order valence-electron chi connectivity index (χ2n) is 14.5. The third kappa shape index (κ3) is 4.29. The molecule has 0 saturated carbocycles. The number of hydrogen-bond acceptors (Lipinski definition) is 3. The van der Waals surface area contributed by atoms with Crippen LogP contribution in [0.5, 0.6) is 0 Å². The predicted molar refractivity (Wildman–Crippen MR) is 226 cm³/mol. The molecule has 0 atom stereocenters. The number of anilines is 3. The molecule has 0 bridgehead atoms. The molecular weight excluding hydrogens is 667 g/mol. The number of nitrogens with zero attached hydrogens (tertiary/aromatic N) is 1.